The Morgan fingerprint density at radius 1 is 1.20 bits per heavy atom. The van der Waals surface area contributed by atoms with Crippen LogP contribution in [0.15, 0.2) is 0 Å². The van der Waals surface area contributed by atoms with Gasteiger partial charge in [-0.05, 0) is 18.4 Å². The van der Waals surface area contributed by atoms with Crippen LogP contribution >= 0.6 is 23.5 Å². The quantitative estimate of drug-likeness (QED) is 0.649. The van der Waals surface area contributed by atoms with Gasteiger partial charge in [0, 0.05) is 0 Å². The lowest BCUT2D eigenvalue weighted by molar-refractivity contribution is -0.143. The summed E-state index contributed by atoms with van der Waals surface area (Å²) in [7, 11) is 0. The van der Waals surface area contributed by atoms with Crippen molar-refractivity contribution in [2.45, 2.75) is 32.4 Å². The van der Waals surface area contributed by atoms with Crippen LogP contribution in [0.2, 0.25) is 0 Å². The van der Waals surface area contributed by atoms with E-state index < -0.39 is 0 Å². The monoisotopic (exact) mass is 250 g/mol. The molecule has 0 spiro atoms. The second-order valence-corrected chi connectivity index (χ2v) is 5.45. The second-order valence-electron chi connectivity index (χ2n) is 2.71. The molecular weight excluding hydrogens is 232 g/mol. The average Bonchev–Trinajstić information content (AvgIpc) is 2.18. The van der Waals surface area contributed by atoms with Gasteiger partial charge in [0.25, 0.3) is 0 Å². The van der Waals surface area contributed by atoms with Crippen molar-refractivity contribution >= 4 is 34.6 Å². The number of thioether (sulfide) groups is 2. The molecule has 0 aromatic heterocycles. The molecule has 3 nitrogen and oxygen atoms in total. The van der Waals surface area contributed by atoms with Gasteiger partial charge in [-0.25, -0.2) is 0 Å². The summed E-state index contributed by atoms with van der Waals surface area (Å²) in [5.41, 5.74) is 0. The Kier molecular flexibility index (Phi) is 9.00. The van der Waals surface area contributed by atoms with Crippen LogP contribution < -0.4 is 0 Å². The summed E-state index contributed by atoms with van der Waals surface area (Å²) in [5, 5.41) is -0.170. The first-order valence-corrected chi connectivity index (χ1v) is 7.12. The van der Waals surface area contributed by atoms with Crippen LogP contribution in [0.4, 0.5) is 0 Å². The third-order valence-corrected chi connectivity index (χ3v) is 3.70. The number of hydrogen-bond donors (Lipinski definition) is 0. The lowest BCUT2D eigenvalue weighted by Gasteiger charge is -2.12. The summed E-state index contributed by atoms with van der Waals surface area (Å²) >= 11 is 2.78. The van der Waals surface area contributed by atoms with Crippen molar-refractivity contribution in [3.05, 3.63) is 0 Å². The minimum atomic E-state index is -0.284. The Hall–Kier alpha value is -0.160. The molecule has 88 valence electrons. The topological polar surface area (TPSA) is 43.4 Å². The molecule has 0 aliphatic rings. The zero-order valence-electron chi connectivity index (χ0n) is 9.45. The Labute approximate surface area is 99.7 Å². The highest BCUT2D eigenvalue weighted by Gasteiger charge is 2.22. The molecule has 0 saturated carbocycles. The van der Waals surface area contributed by atoms with Gasteiger partial charge in [-0.2, -0.15) is 0 Å². The van der Waals surface area contributed by atoms with Crippen LogP contribution in [-0.4, -0.2) is 34.4 Å². The van der Waals surface area contributed by atoms with Crippen LogP contribution in [0, 0.1) is 0 Å². The molecule has 0 fully saturated rings. The maximum atomic E-state index is 11.6. The highest BCUT2D eigenvalue weighted by molar-refractivity contribution is 8.16. The molecular formula is C10H18O3S2. The first-order valence-electron chi connectivity index (χ1n) is 5.09. The minimum Gasteiger partial charge on any atom is -0.466 e. The zero-order valence-corrected chi connectivity index (χ0v) is 11.1. The van der Waals surface area contributed by atoms with Crippen LogP contribution in [-0.2, 0) is 14.3 Å². The summed E-state index contributed by atoms with van der Waals surface area (Å²) in [6.45, 7) is 6.05. The van der Waals surface area contributed by atoms with Gasteiger partial charge >= 0.3 is 5.97 Å². The van der Waals surface area contributed by atoms with Crippen molar-refractivity contribution in [1.82, 2.24) is 0 Å². The van der Waals surface area contributed by atoms with Crippen LogP contribution in [0.5, 0.6) is 0 Å². The van der Waals surface area contributed by atoms with E-state index in [0.717, 1.165) is 11.5 Å². The molecule has 0 aromatic carbocycles. The number of esters is 1. The number of carbonyl (C=O) groups is 2. The van der Waals surface area contributed by atoms with E-state index in [4.69, 9.17) is 4.74 Å². The van der Waals surface area contributed by atoms with E-state index >= 15 is 0 Å². The zero-order chi connectivity index (χ0) is 11.7. The largest absolute Gasteiger partial charge is 0.466 e. The molecule has 0 saturated heterocycles. The maximum absolute atomic E-state index is 11.6. The van der Waals surface area contributed by atoms with E-state index in [1.54, 1.807) is 6.92 Å². The fraction of sp³-hybridized carbons (Fsp3) is 0.800. The Morgan fingerprint density at radius 2 is 1.87 bits per heavy atom. The molecule has 0 aromatic rings. The highest BCUT2D eigenvalue weighted by Crippen LogP contribution is 2.21. The van der Waals surface area contributed by atoms with Crippen molar-refractivity contribution in [3.63, 3.8) is 0 Å². The lowest BCUT2D eigenvalue weighted by atomic mass is 10.3. The van der Waals surface area contributed by atoms with Crippen molar-refractivity contribution in [3.8, 4) is 0 Å². The molecule has 0 N–H and O–H groups in total. The van der Waals surface area contributed by atoms with Gasteiger partial charge in [-0.15, -0.1) is 11.8 Å². The molecule has 5 heteroatoms. The van der Waals surface area contributed by atoms with Gasteiger partial charge in [-0.3, -0.25) is 9.59 Å². The molecule has 0 aliphatic carbocycles. The molecule has 1 atom stereocenters. The predicted molar refractivity (Wildman–Crippen MR) is 66.3 cm³/mol. The van der Waals surface area contributed by atoms with Crippen molar-refractivity contribution in [2.75, 3.05) is 18.1 Å². The SMILES string of the molecule is CCOC(=O)CC(SCC)C(=O)SCC. The normalized spacial score (nSPS) is 12.2. The molecule has 0 aliphatic heterocycles. The molecule has 0 radical (unpaired) electrons. The van der Waals surface area contributed by atoms with E-state index in [1.165, 1.54) is 23.5 Å². The number of rotatable bonds is 7. The average molecular weight is 250 g/mol. The van der Waals surface area contributed by atoms with Crippen molar-refractivity contribution < 1.29 is 14.3 Å². The van der Waals surface area contributed by atoms with Crippen LogP contribution in [0.25, 0.3) is 0 Å². The Morgan fingerprint density at radius 3 is 2.33 bits per heavy atom. The third kappa shape index (κ3) is 6.84. The lowest BCUT2D eigenvalue weighted by Crippen LogP contribution is -2.20. The Balaban J connectivity index is 4.13. The van der Waals surface area contributed by atoms with E-state index in [0.29, 0.717) is 6.61 Å². The summed E-state index contributed by atoms with van der Waals surface area (Å²) in [4.78, 5) is 22.8. The fourth-order valence-electron chi connectivity index (χ4n) is 1.02. The molecule has 1 unspecified atom stereocenters. The summed E-state index contributed by atoms with van der Waals surface area (Å²) in [6, 6.07) is 0. The van der Waals surface area contributed by atoms with Gasteiger partial charge in [0.05, 0.1) is 18.3 Å². The standard InChI is InChI=1S/C10H18O3S2/c1-4-13-9(11)7-8(14-5-2)10(12)15-6-3/h8H,4-7H2,1-3H3. The molecule has 0 amide bonds. The smallest absolute Gasteiger partial charge is 0.307 e. The number of carbonyl (C=O) groups excluding carboxylic acids is 2. The summed E-state index contributed by atoms with van der Waals surface area (Å²) in [5.74, 6) is 1.30. The van der Waals surface area contributed by atoms with Crippen molar-refractivity contribution in [2.24, 2.45) is 0 Å². The maximum Gasteiger partial charge on any atom is 0.307 e. The third-order valence-electron chi connectivity index (χ3n) is 1.57. The van der Waals surface area contributed by atoms with Gasteiger partial charge in [0.1, 0.15) is 0 Å². The van der Waals surface area contributed by atoms with E-state index in [1.807, 2.05) is 13.8 Å². The van der Waals surface area contributed by atoms with Gasteiger partial charge in [0.2, 0.25) is 5.12 Å². The van der Waals surface area contributed by atoms with Crippen LogP contribution in [0.3, 0.4) is 0 Å². The van der Waals surface area contributed by atoms with E-state index in [2.05, 4.69) is 0 Å². The first-order chi connectivity index (χ1) is 7.15. The van der Waals surface area contributed by atoms with Gasteiger partial charge in [-0.1, -0.05) is 25.6 Å². The minimum absolute atomic E-state index is 0.0809. The van der Waals surface area contributed by atoms with Crippen molar-refractivity contribution in [1.29, 1.82) is 0 Å². The highest BCUT2D eigenvalue weighted by atomic mass is 32.2. The van der Waals surface area contributed by atoms with E-state index in [9.17, 15) is 9.59 Å². The van der Waals surface area contributed by atoms with E-state index in [-0.39, 0.29) is 22.8 Å². The Bertz CT molecular complexity index is 207. The number of hydrogen-bond acceptors (Lipinski definition) is 5. The number of ether oxygens (including phenoxy) is 1. The summed E-state index contributed by atoms with van der Waals surface area (Å²) in [6.07, 6.45) is 0.193. The van der Waals surface area contributed by atoms with Gasteiger partial charge < -0.3 is 4.74 Å². The molecule has 0 heterocycles. The second kappa shape index (κ2) is 9.09. The first kappa shape index (κ1) is 14.8. The predicted octanol–water partition coefficient (Wildman–Crippen LogP) is 2.34. The molecule has 0 bridgehead atoms. The molecule has 15 heavy (non-hydrogen) atoms. The summed E-state index contributed by atoms with van der Waals surface area (Å²) < 4.78 is 4.83. The van der Waals surface area contributed by atoms with Gasteiger partial charge in [0.15, 0.2) is 0 Å². The fourth-order valence-corrected chi connectivity index (χ4v) is 2.77. The van der Waals surface area contributed by atoms with Crippen LogP contribution in [0.1, 0.15) is 27.2 Å². The molecule has 0 rings (SSSR count).